The summed E-state index contributed by atoms with van der Waals surface area (Å²) in [5, 5.41) is 2.99. The first-order chi connectivity index (χ1) is 6.59. The highest BCUT2D eigenvalue weighted by Crippen LogP contribution is 2.15. The van der Waals surface area contributed by atoms with Gasteiger partial charge in [-0.2, -0.15) is 0 Å². The lowest BCUT2D eigenvalue weighted by Crippen LogP contribution is -2.41. The number of hydrogen-bond acceptors (Lipinski definition) is 2. The lowest BCUT2D eigenvalue weighted by molar-refractivity contribution is -0.123. The van der Waals surface area contributed by atoms with Gasteiger partial charge in [-0.25, -0.2) is 0 Å². The molecule has 0 aromatic heterocycles. The molecular weight excluding hydrogens is 178 g/mol. The van der Waals surface area contributed by atoms with E-state index in [0.29, 0.717) is 12.3 Å². The van der Waals surface area contributed by atoms with Crippen LogP contribution < -0.4 is 5.32 Å². The Morgan fingerprint density at radius 1 is 1.50 bits per heavy atom. The molecule has 0 aliphatic carbocycles. The summed E-state index contributed by atoms with van der Waals surface area (Å²) in [4.78, 5) is 11.5. The number of amides is 1. The third kappa shape index (κ3) is 3.66. The zero-order valence-corrected chi connectivity index (χ0v) is 9.38. The van der Waals surface area contributed by atoms with Crippen molar-refractivity contribution in [2.24, 2.45) is 5.92 Å². The summed E-state index contributed by atoms with van der Waals surface area (Å²) in [5.74, 6) is 0.565. The third-order valence-corrected chi connectivity index (χ3v) is 2.50. The molecule has 1 aliphatic heterocycles. The lowest BCUT2D eigenvalue weighted by atomic mass is 10.1. The molecule has 1 aliphatic rings. The van der Waals surface area contributed by atoms with Gasteiger partial charge in [0.15, 0.2) is 0 Å². The van der Waals surface area contributed by atoms with E-state index in [1.54, 1.807) is 0 Å². The Labute approximate surface area is 86.2 Å². The van der Waals surface area contributed by atoms with E-state index in [0.717, 1.165) is 19.4 Å². The molecule has 0 bridgehead atoms. The van der Waals surface area contributed by atoms with Gasteiger partial charge >= 0.3 is 0 Å². The fourth-order valence-electron chi connectivity index (χ4n) is 1.77. The number of hydrogen-bond donors (Lipinski definition) is 1. The van der Waals surface area contributed by atoms with Crippen LogP contribution in [0.15, 0.2) is 0 Å². The molecule has 0 saturated carbocycles. The van der Waals surface area contributed by atoms with Crippen LogP contribution in [0.5, 0.6) is 0 Å². The second-order valence-electron chi connectivity index (χ2n) is 4.51. The average molecular weight is 199 g/mol. The molecule has 3 heteroatoms. The fourth-order valence-corrected chi connectivity index (χ4v) is 1.77. The van der Waals surface area contributed by atoms with E-state index in [9.17, 15) is 4.79 Å². The number of carbonyl (C=O) groups is 1. The van der Waals surface area contributed by atoms with Gasteiger partial charge in [0.2, 0.25) is 5.91 Å². The minimum atomic E-state index is 0.142. The normalized spacial score (nSPS) is 23.9. The van der Waals surface area contributed by atoms with E-state index in [-0.39, 0.29) is 18.1 Å². The van der Waals surface area contributed by atoms with Crippen LogP contribution in [-0.4, -0.2) is 24.7 Å². The quantitative estimate of drug-likeness (QED) is 0.748. The SMILES string of the molecule is CC(C)CC(=O)N[C@@H](C)[C@H]1CCCO1. The molecular formula is C11H21NO2. The molecule has 0 spiro atoms. The zero-order valence-electron chi connectivity index (χ0n) is 9.38. The van der Waals surface area contributed by atoms with Crippen molar-refractivity contribution >= 4 is 5.91 Å². The minimum Gasteiger partial charge on any atom is -0.376 e. The monoisotopic (exact) mass is 199 g/mol. The highest BCUT2D eigenvalue weighted by molar-refractivity contribution is 5.76. The molecule has 0 aromatic carbocycles. The van der Waals surface area contributed by atoms with Crippen LogP contribution in [0.2, 0.25) is 0 Å². The van der Waals surface area contributed by atoms with Crippen LogP contribution >= 0.6 is 0 Å². The summed E-state index contributed by atoms with van der Waals surface area (Å²) in [7, 11) is 0. The molecule has 0 radical (unpaired) electrons. The maximum absolute atomic E-state index is 11.5. The van der Waals surface area contributed by atoms with E-state index >= 15 is 0 Å². The third-order valence-electron chi connectivity index (χ3n) is 2.50. The van der Waals surface area contributed by atoms with Crippen molar-refractivity contribution in [1.82, 2.24) is 5.32 Å². The molecule has 1 rings (SSSR count). The summed E-state index contributed by atoms with van der Waals surface area (Å²) in [6, 6.07) is 0.156. The van der Waals surface area contributed by atoms with Gasteiger partial charge in [0.25, 0.3) is 0 Å². The van der Waals surface area contributed by atoms with Gasteiger partial charge in [-0.05, 0) is 25.7 Å². The van der Waals surface area contributed by atoms with Gasteiger partial charge < -0.3 is 10.1 Å². The summed E-state index contributed by atoms with van der Waals surface area (Å²) >= 11 is 0. The molecule has 82 valence electrons. The molecule has 0 aromatic rings. The van der Waals surface area contributed by atoms with Crippen LogP contribution in [-0.2, 0) is 9.53 Å². The maximum Gasteiger partial charge on any atom is 0.220 e. The average Bonchev–Trinajstić information content (AvgIpc) is 2.53. The van der Waals surface area contributed by atoms with E-state index in [2.05, 4.69) is 19.2 Å². The highest BCUT2D eigenvalue weighted by atomic mass is 16.5. The summed E-state index contributed by atoms with van der Waals surface area (Å²) in [6.45, 7) is 6.97. The van der Waals surface area contributed by atoms with Gasteiger partial charge in [-0.1, -0.05) is 13.8 Å². The molecule has 3 nitrogen and oxygen atoms in total. The predicted octanol–water partition coefficient (Wildman–Crippen LogP) is 1.72. The van der Waals surface area contributed by atoms with Gasteiger partial charge in [-0.15, -0.1) is 0 Å². The molecule has 1 N–H and O–H groups in total. The fraction of sp³-hybridized carbons (Fsp3) is 0.909. The molecule has 1 heterocycles. The van der Waals surface area contributed by atoms with Gasteiger partial charge in [0.05, 0.1) is 12.1 Å². The van der Waals surface area contributed by atoms with Crippen molar-refractivity contribution in [1.29, 1.82) is 0 Å². The second kappa shape index (κ2) is 5.35. The van der Waals surface area contributed by atoms with Gasteiger partial charge in [0, 0.05) is 13.0 Å². The summed E-state index contributed by atoms with van der Waals surface area (Å²) < 4.78 is 5.51. The Morgan fingerprint density at radius 2 is 2.21 bits per heavy atom. The number of ether oxygens (including phenoxy) is 1. The van der Waals surface area contributed by atoms with Crippen molar-refractivity contribution in [2.45, 2.75) is 52.2 Å². The topological polar surface area (TPSA) is 38.3 Å². The Bertz CT molecular complexity index is 186. The molecule has 0 unspecified atom stereocenters. The van der Waals surface area contributed by atoms with E-state index in [1.165, 1.54) is 0 Å². The first kappa shape index (κ1) is 11.5. The van der Waals surface area contributed by atoms with Crippen LogP contribution in [0.4, 0.5) is 0 Å². The Balaban J connectivity index is 2.24. The van der Waals surface area contributed by atoms with Crippen LogP contribution in [0, 0.1) is 5.92 Å². The summed E-state index contributed by atoms with van der Waals surface area (Å²) in [5.41, 5.74) is 0. The molecule has 14 heavy (non-hydrogen) atoms. The van der Waals surface area contributed by atoms with Crippen LogP contribution in [0.25, 0.3) is 0 Å². The van der Waals surface area contributed by atoms with Crippen LogP contribution in [0.3, 0.4) is 0 Å². The lowest BCUT2D eigenvalue weighted by Gasteiger charge is -2.20. The maximum atomic E-state index is 11.5. The first-order valence-electron chi connectivity index (χ1n) is 5.50. The number of carbonyl (C=O) groups excluding carboxylic acids is 1. The largest absolute Gasteiger partial charge is 0.376 e. The van der Waals surface area contributed by atoms with Gasteiger partial charge in [-0.3, -0.25) is 4.79 Å². The van der Waals surface area contributed by atoms with Gasteiger partial charge in [0.1, 0.15) is 0 Å². The van der Waals surface area contributed by atoms with E-state index in [4.69, 9.17) is 4.74 Å². The predicted molar refractivity (Wildman–Crippen MR) is 56.0 cm³/mol. The Morgan fingerprint density at radius 3 is 2.71 bits per heavy atom. The number of nitrogens with one attached hydrogen (secondary N) is 1. The van der Waals surface area contributed by atoms with Crippen molar-refractivity contribution in [3.05, 3.63) is 0 Å². The van der Waals surface area contributed by atoms with Crippen molar-refractivity contribution in [3.8, 4) is 0 Å². The Kier molecular flexibility index (Phi) is 4.39. The highest BCUT2D eigenvalue weighted by Gasteiger charge is 2.23. The van der Waals surface area contributed by atoms with Crippen molar-refractivity contribution in [3.63, 3.8) is 0 Å². The first-order valence-corrected chi connectivity index (χ1v) is 5.50. The van der Waals surface area contributed by atoms with Crippen molar-refractivity contribution < 1.29 is 9.53 Å². The smallest absolute Gasteiger partial charge is 0.220 e. The molecule has 1 saturated heterocycles. The van der Waals surface area contributed by atoms with E-state index < -0.39 is 0 Å². The molecule has 1 fully saturated rings. The van der Waals surface area contributed by atoms with E-state index in [1.807, 2.05) is 6.92 Å². The summed E-state index contributed by atoms with van der Waals surface area (Å²) in [6.07, 6.45) is 3.03. The number of rotatable bonds is 4. The molecule has 1 amide bonds. The zero-order chi connectivity index (χ0) is 10.6. The molecule has 2 atom stereocenters. The standard InChI is InChI=1S/C11H21NO2/c1-8(2)7-11(13)12-9(3)10-5-4-6-14-10/h8-10H,4-7H2,1-3H3,(H,12,13)/t9-,10+/m0/s1. The minimum absolute atomic E-state index is 0.142. The Hall–Kier alpha value is -0.570. The van der Waals surface area contributed by atoms with Crippen molar-refractivity contribution in [2.75, 3.05) is 6.61 Å². The second-order valence-corrected chi connectivity index (χ2v) is 4.51. The van der Waals surface area contributed by atoms with Crippen LogP contribution in [0.1, 0.15) is 40.0 Å².